The number of nitrogens with zero attached hydrogens (tertiary/aromatic N) is 4. The van der Waals surface area contributed by atoms with Crippen LogP contribution in [0.1, 0.15) is 17.8 Å². The third-order valence-electron chi connectivity index (χ3n) is 5.61. The highest BCUT2D eigenvalue weighted by Crippen LogP contribution is 2.33. The van der Waals surface area contributed by atoms with E-state index in [9.17, 15) is 8.42 Å². The van der Waals surface area contributed by atoms with Gasteiger partial charge in [0, 0.05) is 43.4 Å². The molecule has 1 aromatic carbocycles. The Balaban J connectivity index is 1.69. The number of hydrogen-bond donors (Lipinski definition) is 1. The molecule has 3 heterocycles. The first-order valence-corrected chi connectivity index (χ1v) is 12.0. The summed E-state index contributed by atoms with van der Waals surface area (Å²) in [5, 5.41) is 0. The maximum absolute atomic E-state index is 12.9. The summed E-state index contributed by atoms with van der Waals surface area (Å²) in [4.78, 5) is 15.7. The second-order valence-corrected chi connectivity index (χ2v) is 9.73. The summed E-state index contributed by atoms with van der Waals surface area (Å²) in [6.45, 7) is 6.05. The molecular weight excluding hydrogens is 426 g/mol. The van der Waals surface area contributed by atoms with Gasteiger partial charge in [-0.25, -0.2) is 18.4 Å². The molecule has 1 saturated heterocycles. The quantitative estimate of drug-likeness (QED) is 0.585. The van der Waals surface area contributed by atoms with Crippen LogP contribution in [0.4, 0.5) is 11.5 Å². The zero-order chi connectivity index (χ0) is 22.7. The van der Waals surface area contributed by atoms with Crippen molar-refractivity contribution in [2.75, 3.05) is 36.4 Å². The molecule has 1 atom stereocenters. The van der Waals surface area contributed by atoms with Crippen LogP contribution in [0, 0.1) is 19.8 Å². The van der Waals surface area contributed by atoms with Crippen LogP contribution in [0.3, 0.4) is 0 Å². The molecule has 1 aliphatic rings. The third kappa shape index (κ3) is 4.73. The van der Waals surface area contributed by atoms with Gasteiger partial charge in [0.25, 0.3) is 10.0 Å². The van der Waals surface area contributed by atoms with Gasteiger partial charge in [-0.3, -0.25) is 9.71 Å². The Hall–Kier alpha value is -3.04. The Labute approximate surface area is 188 Å². The van der Waals surface area contributed by atoms with Crippen LogP contribution < -0.4 is 9.62 Å². The van der Waals surface area contributed by atoms with Crippen molar-refractivity contribution in [3.05, 3.63) is 60.3 Å². The molecule has 32 heavy (non-hydrogen) atoms. The van der Waals surface area contributed by atoms with E-state index in [1.165, 1.54) is 0 Å². The highest BCUT2D eigenvalue weighted by atomic mass is 32.2. The van der Waals surface area contributed by atoms with E-state index in [-0.39, 0.29) is 4.90 Å². The van der Waals surface area contributed by atoms with Crippen LogP contribution in [-0.4, -0.2) is 50.2 Å². The smallest absolute Gasteiger partial charge is 0.261 e. The van der Waals surface area contributed by atoms with Crippen LogP contribution in [0.15, 0.2) is 53.8 Å². The number of hydrogen-bond acceptors (Lipinski definition) is 7. The Morgan fingerprint density at radius 1 is 1.12 bits per heavy atom. The van der Waals surface area contributed by atoms with Gasteiger partial charge in [-0.15, -0.1) is 0 Å². The molecule has 1 fully saturated rings. The summed E-state index contributed by atoms with van der Waals surface area (Å²) in [5.41, 5.74) is 3.39. The number of sulfonamides is 1. The van der Waals surface area contributed by atoms with Crippen molar-refractivity contribution in [2.24, 2.45) is 5.92 Å². The molecular formula is C23H27N5O3S. The molecule has 0 amide bonds. The number of pyridine rings is 1. The maximum atomic E-state index is 12.9. The van der Waals surface area contributed by atoms with E-state index in [0.717, 1.165) is 48.8 Å². The molecule has 1 N–H and O–H groups in total. The van der Waals surface area contributed by atoms with Crippen LogP contribution in [0.5, 0.6) is 0 Å². The first kappa shape index (κ1) is 22.2. The summed E-state index contributed by atoms with van der Waals surface area (Å²) < 4.78 is 33.9. The van der Waals surface area contributed by atoms with Crippen molar-refractivity contribution in [3.63, 3.8) is 0 Å². The van der Waals surface area contributed by atoms with E-state index in [1.54, 1.807) is 55.8 Å². The number of nitrogens with one attached hydrogen (secondary N) is 1. The fourth-order valence-electron chi connectivity index (χ4n) is 3.87. The number of benzene rings is 1. The Morgan fingerprint density at radius 2 is 1.91 bits per heavy atom. The Kier molecular flexibility index (Phi) is 6.38. The van der Waals surface area contributed by atoms with Crippen LogP contribution in [0.25, 0.3) is 11.1 Å². The predicted molar refractivity (Wildman–Crippen MR) is 124 cm³/mol. The molecule has 3 aromatic rings. The average Bonchev–Trinajstić information content (AvgIpc) is 3.29. The van der Waals surface area contributed by atoms with Crippen molar-refractivity contribution in [1.82, 2.24) is 15.0 Å². The molecule has 0 bridgehead atoms. The summed E-state index contributed by atoms with van der Waals surface area (Å²) in [6, 6.07) is 10.1. The SMILES string of the molecule is Cc1ncc(-c2c(C)ncnc2N(C)CC2CCOC2)cc1NS(=O)(=O)c1ccccc1. The molecule has 9 heteroatoms. The number of anilines is 2. The van der Waals surface area contributed by atoms with Gasteiger partial charge in [-0.2, -0.15) is 0 Å². The molecule has 1 unspecified atom stereocenters. The predicted octanol–water partition coefficient (Wildman–Crippen LogP) is 3.43. The Morgan fingerprint density at radius 3 is 2.62 bits per heavy atom. The summed E-state index contributed by atoms with van der Waals surface area (Å²) >= 11 is 0. The van der Waals surface area contributed by atoms with E-state index in [0.29, 0.717) is 17.3 Å². The van der Waals surface area contributed by atoms with E-state index in [4.69, 9.17) is 4.74 Å². The highest BCUT2D eigenvalue weighted by Gasteiger charge is 2.22. The third-order valence-corrected chi connectivity index (χ3v) is 6.99. The largest absolute Gasteiger partial charge is 0.381 e. The van der Waals surface area contributed by atoms with Gasteiger partial charge in [-0.05, 0) is 38.5 Å². The van der Waals surface area contributed by atoms with Gasteiger partial charge < -0.3 is 9.64 Å². The van der Waals surface area contributed by atoms with E-state index < -0.39 is 10.0 Å². The monoisotopic (exact) mass is 453 g/mol. The number of aryl methyl sites for hydroxylation is 2. The maximum Gasteiger partial charge on any atom is 0.261 e. The van der Waals surface area contributed by atoms with Crippen molar-refractivity contribution in [2.45, 2.75) is 25.2 Å². The lowest BCUT2D eigenvalue weighted by Gasteiger charge is -2.24. The first-order valence-electron chi connectivity index (χ1n) is 10.5. The van der Waals surface area contributed by atoms with Crippen LogP contribution >= 0.6 is 0 Å². The molecule has 1 aliphatic heterocycles. The minimum Gasteiger partial charge on any atom is -0.381 e. The van der Waals surface area contributed by atoms with Crippen molar-refractivity contribution < 1.29 is 13.2 Å². The number of aromatic nitrogens is 3. The van der Waals surface area contributed by atoms with Crippen molar-refractivity contribution in [3.8, 4) is 11.1 Å². The standard InChI is InChI=1S/C23H27N5O3S/c1-16-21(27-32(29,30)20-7-5-4-6-8-20)11-19(12-24-16)22-17(2)25-15-26-23(22)28(3)13-18-9-10-31-14-18/h4-8,11-12,15,18,27H,9-10,13-14H2,1-3H3. The lowest BCUT2D eigenvalue weighted by atomic mass is 10.0. The fraction of sp³-hybridized carbons (Fsp3) is 0.348. The average molecular weight is 454 g/mol. The summed E-state index contributed by atoms with van der Waals surface area (Å²) in [5.74, 6) is 1.24. The van der Waals surface area contributed by atoms with Crippen molar-refractivity contribution >= 4 is 21.5 Å². The van der Waals surface area contributed by atoms with Crippen LogP contribution in [0.2, 0.25) is 0 Å². The molecule has 2 aromatic heterocycles. The number of rotatable bonds is 7. The van der Waals surface area contributed by atoms with Gasteiger partial charge in [0.15, 0.2) is 0 Å². The minimum absolute atomic E-state index is 0.197. The van der Waals surface area contributed by atoms with Crippen molar-refractivity contribution in [1.29, 1.82) is 0 Å². The molecule has 4 rings (SSSR count). The van der Waals surface area contributed by atoms with Gasteiger partial charge in [0.1, 0.15) is 12.1 Å². The van der Waals surface area contributed by atoms with Crippen LogP contribution in [-0.2, 0) is 14.8 Å². The lowest BCUT2D eigenvalue weighted by Crippen LogP contribution is -2.27. The summed E-state index contributed by atoms with van der Waals surface area (Å²) in [7, 11) is -1.73. The number of ether oxygens (including phenoxy) is 1. The Bertz CT molecular complexity index is 1200. The second-order valence-electron chi connectivity index (χ2n) is 8.04. The van der Waals surface area contributed by atoms with Gasteiger partial charge >= 0.3 is 0 Å². The normalized spacial score (nSPS) is 16.2. The highest BCUT2D eigenvalue weighted by molar-refractivity contribution is 7.92. The van der Waals surface area contributed by atoms with Gasteiger partial charge in [0.2, 0.25) is 0 Å². The molecule has 0 spiro atoms. The van der Waals surface area contributed by atoms with E-state index in [2.05, 4.69) is 24.6 Å². The molecule has 8 nitrogen and oxygen atoms in total. The van der Waals surface area contributed by atoms with E-state index in [1.807, 2.05) is 14.0 Å². The van der Waals surface area contributed by atoms with Gasteiger partial charge in [0.05, 0.1) is 28.6 Å². The summed E-state index contributed by atoms with van der Waals surface area (Å²) in [6.07, 6.45) is 4.31. The fourth-order valence-corrected chi connectivity index (χ4v) is 5.00. The zero-order valence-corrected chi connectivity index (χ0v) is 19.3. The molecule has 0 radical (unpaired) electrons. The minimum atomic E-state index is -3.73. The zero-order valence-electron chi connectivity index (χ0n) is 18.4. The van der Waals surface area contributed by atoms with E-state index >= 15 is 0 Å². The lowest BCUT2D eigenvalue weighted by molar-refractivity contribution is 0.186. The molecule has 168 valence electrons. The first-order chi connectivity index (χ1) is 15.3. The van der Waals surface area contributed by atoms with Gasteiger partial charge in [-0.1, -0.05) is 18.2 Å². The molecule has 0 saturated carbocycles. The second kappa shape index (κ2) is 9.22. The topological polar surface area (TPSA) is 97.3 Å². The molecule has 0 aliphatic carbocycles.